The lowest BCUT2D eigenvalue weighted by Gasteiger charge is -2.31. The van der Waals surface area contributed by atoms with Gasteiger partial charge in [-0.2, -0.15) is 0 Å². The zero-order valence-corrected chi connectivity index (χ0v) is 18.4. The summed E-state index contributed by atoms with van der Waals surface area (Å²) in [5.74, 6) is 0.388. The molecular weight excluding hydrogens is 428 g/mol. The molecule has 3 aromatic rings. The van der Waals surface area contributed by atoms with E-state index in [9.17, 15) is 9.90 Å². The molecule has 164 valence electrons. The van der Waals surface area contributed by atoms with Gasteiger partial charge in [0.2, 0.25) is 0 Å². The van der Waals surface area contributed by atoms with Crippen molar-refractivity contribution >= 4 is 45.7 Å². The van der Waals surface area contributed by atoms with Crippen LogP contribution in [0.15, 0.2) is 42.5 Å². The SMILES string of the molecule is [C-]#[N+]c1ccc2nc(N3CCC(C(=O)O)CC3)cc(NCc3ccc(OC)c(Cl)c3)c2c1. The minimum atomic E-state index is -0.733. The Hall–Kier alpha value is -3.50. The maximum Gasteiger partial charge on any atom is 0.306 e. The lowest BCUT2D eigenvalue weighted by atomic mass is 9.97. The molecule has 4 rings (SSSR count). The third-order valence-corrected chi connectivity index (χ3v) is 6.07. The van der Waals surface area contributed by atoms with Gasteiger partial charge < -0.3 is 20.1 Å². The Balaban J connectivity index is 1.64. The summed E-state index contributed by atoms with van der Waals surface area (Å²) in [6, 6.07) is 13.1. The summed E-state index contributed by atoms with van der Waals surface area (Å²) in [7, 11) is 1.58. The zero-order valence-electron chi connectivity index (χ0n) is 17.6. The van der Waals surface area contributed by atoms with Crippen molar-refractivity contribution in [3.05, 3.63) is 64.5 Å². The molecule has 7 nitrogen and oxygen atoms in total. The number of ether oxygens (including phenoxy) is 1. The summed E-state index contributed by atoms with van der Waals surface area (Å²) in [6.45, 7) is 9.16. The maximum atomic E-state index is 11.3. The molecule has 1 fully saturated rings. The number of piperidine rings is 1. The Morgan fingerprint density at radius 1 is 1.28 bits per heavy atom. The number of carboxylic acids is 1. The molecule has 1 aliphatic heterocycles. The van der Waals surface area contributed by atoms with Crippen LogP contribution >= 0.6 is 11.6 Å². The predicted molar refractivity (Wildman–Crippen MR) is 126 cm³/mol. The quantitative estimate of drug-likeness (QED) is 0.492. The number of hydrogen-bond acceptors (Lipinski definition) is 5. The van der Waals surface area contributed by atoms with Crippen molar-refractivity contribution in [1.29, 1.82) is 0 Å². The van der Waals surface area contributed by atoms with E-state index in [1.165, 1.54) is 0 Å². The third kappa shape index (κ3) is 4.56. The van der Waals surface area contributed by atoms with Crippen LogP contribution in [0.25, 0.3) is 15.7 Å². The number of carboxylic acid groups (broad SMARTS) is 1. The Morgan fingerprint density at radius 3 is 2.72 bits per heavy atom. The van der Waals surface area contributed by atoms with E-state index in [1.54, 1.807) is 13.2 Å². The molecular formula is C24H23ClN4O3. The Kier molecular flexibility index (Phi) is 6.33. The summed E-state index contributed by atoms with van der Waals surface area (Å²) < 4.78 is 5.22. The summed E-state index contributed by atoms with van der Waals surface area (Å²) in [6.07, 6.45) is 1.19. The van der Waals surface area contributed by atoms with Crippen molar-refractivity contribution in [2.75, 3.05) is 30.4 Å². The number of pyridine rings is 1. The molecule has 2 aromatic carbocycles. The van der Waals surface area contributed by atoms with Gasteiger partial charge in [0, 0.05) is 36.8 Å². The van der Waals surface area contributed by atoms with Crippen molar-refractivity contribution in [2.45, 2.75) is 19.4 Å². The average Bonchev–Trinajstić information content (AvgIpc) is 2.82. The summed E-state index contributed by atoms with van der Waals surface area (Å²) >= 11 is 6.26. The number of nitrogens with one attached hydrogen (secondary N) is 1. The molecule has 0 aliphatic carbocycles. The van der Waals surface area contributed by atoms with E-state index in [0.717, 1.165) is 28.0 Å². The Bertz CT molecular complexity index is 1200. The first kappa shape index (κ1) is 21.7. The van der Waals surface area contributed by atoms with Crippen LogP contribution < -0.4 is 15.0 Å². The van der Waals surface area contributed by atoms with E-state index < -0.39 is 5.97 Å². The standard InChI is InChI=1S/C24H23ClN4O3/c1-26-17-4-5-20-18(12-17)21(27-14-15-3-6-22(32-2)19(25)11-15)13-23(28-20)29-9-7-16(8-10-29)24(30)31/h3-6,11-13,16H,7-10,14H2,2H3,(H,27,28)(H,30,31). The van der Waals surface area contributed by atoms with Crippen LogP contribution in [0.4, 0.5) is 17.2 Å². The normalized spacial score (nSPS) is 14.2. The number of rotatable bonds is 6. The molecule has 0 amide bonds. The van der Waals surface area contributed by atoms with Crippen LogP contribution in [0.5, 0.6) is 5.75 Å². The van der Waals surface area contributed by atoms with E-state index >= 15 is 0 Å². The number of halogens is 1. The second-order valence-electron chi connectivity index (χ2n) is 7.76. The molecule has 1 saturated heterocycles. The summed E-state index contributed by atoms with van der Waals surface area (Å²) in [4.78, 5) is 21.7. The fourth-order valence-electron chi connectivity index (χ4n) is 3.95. The molecule has 1 aromatic heterocycles. The van der Waals surface area contributed by atoms with Gasteiger partial charge in [0.25, 0.3) is 0 Å². The minimum absolute atomic E-state index is 0.301. The van der Waals surface area contributed by atoms with E-state index in [-0.39, 0.29) is 5.92 Å². The van der Waals surface area contributed by atoms with Gasteiger partial charge in [-0.25, -0.2) is 9.83 Å². The highest BCUT2D eigenvalue weighted by Gasteiger charge is 2.25. The number of benzene rings is 2. The highest BCUT2D eigenvalue weighted by Crippen LogP contribution is 2.33. The topological polar surface area (TPSA) is 79.1 Å². The van der Waals surface area contributed by atoms with Gasteiger partial charge in [-0.1, -0.05) is 23.7 Å². The van der Waals surface area contributed by atoms with Crippen LogP contribution in [0.3, 0.4) is 0 Å². The van der Waals surface area contributed by atoms with Gasteiger partial charge >= 0.3 is 5.97 Å². The number of methoxy groups -OCH3 is 1. The maximum absolute atomic E-state index is 11.3. The third-order valence-electron chi connectivity index (χ3n) is 5.78. The Labute approximate surface area is 191 Å². The first-order chi connectivity index (χ1) is 15.5. The van der Waals surface area contributed by atoms with E-state index in [1.807, 2.05) is 36.4 Å². The zero-order chi connectivity index (χ0) is 22.7. The number of carbonyl (C=O) groups is 1. The van der Waals surface area contributed by atoms with E-state index in [0.29, 0.717) is 48.9 Å². The molecule has 32 heavy (non-hydrogen) atoms. The highest BCUT2D eigenvalue weighted by atomic mass is 35.5. The number of fused-ring (bicyclic) bond motifs is 1. The number of hydrogen-bond donors (Lipinski definition) is 2. The molecule has 0 unspecified atom stereocenters. The molecule has 0 bridgehead atoms. The molecule has 2 heterocycles. The summed E-state index contributed by atoms with van der Waals surface area (Å²) in [5.41, 5.74) is 3.18. The monoisotopic (exact) mass is 450 g/mol. The number of aromatic nitrogens is 1. The largest absolute Gasteiger partial charge is 0.495 e. The van der Waals surface area contributed by atoms with E-state index in [2.05, 4.69) is 15.1 Å². The van der Waals surface area contributed by atoms with E-state index in [4.69, 9.17) is 27.9 Å². The second-order valence-corrected chi connectivity index (χ2v) is 8.17. The second kappa shape index (κ2) is 9.33. The molecule has 1 aliphatic rings. The van der Waals surface area contributed by atoms with Gasteiger partial charge in [0.05, 0.1) is 30.1 Å². The first-order valence-corrected chi connectivity index (χ1v) is 10.7. The first-order valence-electron chi connectivity index (χ1n) is 10.3. The van der Waals surface area contributed by atoms with Crippen molar-refractivity contribution in [3.63, 3.8) is 0 Å². The Morgan fingerprint density at radius 2 is 2.06 bits per heavy atom. The molecule has 2 N–H and O–H groups in total. The number of aliphatic carboxylic acids is 1. The van der Waals surface area contributed by atoms with Gasteiger partial charge in [-0.05, 0) is 42.7 Å². The van der Waals surface area contributed by atoms with Crippen LogP contribution in [0.2, 0.25) is 5.02 Å². The molecule has 0 radical (unpaired) electrons. The molecule has 8 heteroatoms. The van der Waals surface area contributed by atoms with Crippen LogP contribution in [-0.4, -0.2) is 36.3 Å². The van der Waals surface area contributed by atoms with Gasteiger partial charge in [0.15, 0.2) is 5.69 Å². The van der Waals surface area contributed by atoms with Crippen molar-refractivity contribution in [1.82, 2.24) is 4.98 Å². The lowest BCUT2D eigenvalue weighted by molar-refractivity contribution is -0.142. The fraction of sp³-hybridized carbons (Fsp3) is 0.292. The molecule has 0 saturated carbocycles. The van der Waals surface area contributed by atoms with Crippen molar-refractivity contribution < 1.29 is 14.6 Å². The number of nitrogens with zero attached hydrogens (tertiary/aromatic N) is 3. The molecule has 0 spiro atoms. The minimum Gasteiger partial charge on any atom is -0.495 e. The van der Waals surface area contributed by atoms with Crippen molar-refractivity contribution in [2.24, 2.45) is 5.92 Å². The van der Waals surface area contributed by atoms with Crippen LogP contribution in [0, 0.1) is 12.5 Å². The predicted octanol–water partition coefficient (Wildman–Crippen LogP) is 5.36. The fourth-order valence-corrected chi connectivity index (χ4v) is 4.23. The molecule has 0 atom stereocenters. The smallest absolute Gasteiger partial charge is 0.306 e. The number of anilines is 2. The van der Waals surface area contributed by atoms with Gasteiger partial charge in [-0.3, -0.25) is 4.79 Å². The van der Waals surface area contributed by atoms with Crippen LogP contribution in [0.1, 0.15) is 18.4 Å². The van der Waals surface area contributed by atoms with Crippen molar-refractivity contribution in [3.8, 4) is 5.75 Å². The average molecular weight is 451 g/mol. The van der Waals surface area contributed by atoms with Gasteiger partial charge in [0.1, 0.15) is 11.6 Å². The van der Waals surface area contributed by atoms with Crippen LogP contribution in [-0.2, 0) is 11.3 Å². The summed E-state index contributed by atoms with van der Waals surface area (Å²) in [5, 5.41) is 14.1. The lowest BCUT2D eigenvalue weighted by Crippen LogP contribution is -2.36. The van der Waals surface area contributed by atoms with Gasteiger partial charge in [-0.15, -0.1) is 0 Å². The highest BCUT2D eigenvalue weighted by molar-refractivity contribution is 6.32.